The Kier molecular flexibility index (Phi) is 7.21. The molecule has 0 aliphatic carbocycles. The molecule has 4 heterocycles. The number of pyridine rings is 1. The maximum atomic E-state index is 12.8. The Morgan fingerprint density at radius 1 is 1.28 bits per heavy atom. The van der Waals surface area contributed by atoms with E-state index in [1.165, 1.54) is 11.3 Å². The third-order valence-corrected chi connectivity index (χ3v) is 6.29. The van der Waals surface area contributed by atoms with Crippen molar-refractivity contribution in [3.8, 4) is 11.8 Å². The lowest BCUT2D eigenvalue weighted by atomic mass is 10.1. The maximum absolute atomic E-state index is 12.8. The Morgan fingerprint density at radius 3 is 2.81 bits per heavy atom. The highest BCUT2D eigenvalue weighted by Gasteiger charge is 2.21. The monoisotopic (exact) mass is 454 g/mol. The van der Waals surface area contributed by atoms with E-state index >= 15 is 0 Å². The van der Waals surface area contributed by atoms with Crippen molar-refractivity contribution in [1.82, 2.24) is 15.6 Å². The SMILES string of the molecule is NC(=O)Nc1cc(C#Cc2ccc(N3CCOCC3)nc2)sc1C(=O)NC1CCCNC1. The lowest BCUT2D eigenvalue weighted by Gasteiger charge is -2.27. The van der Waals surface area contributed by atoms with Gasteiger partial charge < -0.3 is 31.3 Å². The van der Waals surface area contributed by atoms with Crippen molar-refractivity contribution in [2.24, 2.45) is 5.73 Å². The van der Waals surface area contributed by atoms with E-state index in [0.29, 0.717) is 28.7 Å². The van der Waals surface area contributed by atoms with Gasteiger partial charge in [0.25, 0.3) is 5.91 Å². The molecule has 2 aliphatic rings. The van der Waals surface area contributed by atoms with Crippen molar-refractivity contribution in [1.29, 1.82) is 0 Å². The molecule has 3 amide bonds. The van der Waals surface area contributed by atoms with Crippen molar-refractivity contribution in [3.05, 3.63) is 39.7 Å². The molecule has 2 aliphatic heterocycles. The van der Waals surface area contributed by atoms with Crippen LogP contribution in [0.2, 0.25) is 0 Å². The molecule has 0 bridgehead atoms. The number of hydrogen-bond acceptors (Lipinski definition) is 7. The van der Waals surface area contributed by atoms with E-state index in [1.807, 2.05) is 12.1 Å². The second-order valence-corrected chi connectivity index (χ2v) is 8.67. The first-order chi connectivity index (χ1) is 15.6. The van der Waals surface area contributed by atoms with Gasteiger partial charge >= 0.3 is 6.03 Å². The van der Waals surface area contributed by atoms with E-state index in [0.717, 1.165) is 50.4 Å². The van der Waals surface area contributed by atoms with Gasteiger partial charge in [-0.1, -0.05) is 11.8 Å². The van der Waals surface area contributed by atoms with Crippen LogP contribution in [0.15, 0.2) is 24.4 Å². The third-order valence-electron chi connectivity index (χ3n) is 5.24. The van der Waals surface area contributed by atoms with Gasteiger partial charge in [0.1, 0.15) is 10.7 Å². The molecule has 32 heavy (non-hydrogen) atoms. The smallest absolute Gasteiger partial charge is 0.316 e. The molecule has 2 aromatic rings. The number of hydrogen-bond donors (Lipinski definition) is 4. The second-order valence-electron chi connectivity index (χ2n) is 7.61. The summed E-state index contributed by atoms with van der Waals surface area (Å²) in [4.78, 5) is 31.9. The number of thiophene rings is 1. The van der Waals surface area contributed by atoms with Gasteiger partial charge in [-0.2, -0.15) is 0 Å². The number of morpholine rings is 1. The molecular weight excluding hydrogens is 428 g/mol. The minimum absolute atomic E-state index is 0.0605. The normalized spacial score (nSPS) is 18.4. The van der Waals surface area contributed by atoms with E-state index in [-0.39, 0.29) is 11.9 Å². The molecule has 4 rings (SSSR count). The standard InChI is InChI=1S/C22H26N6O3S/c23-22(30)27-18-12-17(32-20(18)21(29)26-16-2-1-7-24-14-16)5-3-15-4-6-19(25-13-15)28-8-10-31-11-9-28/h4,6,12-13,16,24H,1-2,7-11,14H2,(H,26,29)(H3,23,27,30). The Balaban J connectivity index is 1.48. The molecule has 0 radical (unpaired) electrons. The van der Waals surface area contributed by atoms with Crippen LogP contribution >= 0.6 is 11.3 Å². The number of carbonyl (C=O) groups is 2. The fourth-order valence-corrected chi connectivity index (χ4v) is 4.52. The number of primary amides is 1. The maximum Gasteiger partial charge on any atom is 0.316 e. The van der Waals surface area contributed by atoms with Crippen molar-refractivity contribution >= 4 is 34.8 Å². The quantitative estimate of drug-likeness (QED) is 0.518. The molecule has 0 aromatic carbocycles. The number of amides is 3. The summed E-state index contributed by atoms with van der Waals surface area (Å²) in [5, 5.41) is 8.82. The number of nitrogens with one attached hydrogen (secondary N) is 3. The van der Waals surface area contributed by atoms with Gasteiger partial charge in [-0.15, -0.1) is 11.3 Å². The summed E-state index contributed by atoms with van der Waals surface area (Å²) in [5.41, 5.74) is 6.42. The number of urea groups is 1. The highest BCUT2D eigenvalue weighted by Crippen LogP contribution is 2.27. The van der Waals surface area contributed by atoms with Crippen molar-refractivity contribution in [2.75, 3.05) is 49.6 Å². The minimum Gasteiger partial charge on any atom is -0.378 e. The first-order valence-corrected chi connectivity index (χ1v) is 11.4. The molecule has 9 nitrogen and oxygen atoms in total. The van der Waals surface area contributed by atoms with Crippen molar-refractivity contribution < 1.29 is 14.3 Å². The first kappa shape index (κ1) is 22.1. The lowest BCUT2D eigenvalue weighted by Crippen LogP contribution is -2.45. The van der Waals surface area contributed by atoms with Crippen LogP contribution < -0.4 is 26.6 Å². The molecule has 168 valence electrons. The Hall–Kier alpha value is -3.13. The summed E-state index contributed by atoms with van der Waals surface area (Å²) >= 11 is 1.22. The van der Waals surface area contributed by atoms with Gasteiger partial charge in [0.05, 0.1) is 23.8 Å². The van der Waals surface area contributed by atoms with Crippen LogP contribution in [0.5, 0.6) is 0 Å². The van der Waals surface area contributed by atoms with Crippen LogP contribution in [0.4, 0.5) is 16.3 Å². The van der Waals surface area contributed by atoms with Gasteiger partial charge in [-0.3, -0.25) is 4.79 Å². The Labute approximate surface area is 190 Å². The largest absolute Gasteiger partial charge is 0.378 e. The molecular formula is C22H26N6O3S. The van der Waals surface area contributed by atoms with Crippen LogP contribution in [0.1, 0.15) is 33.0 Å². The molecule has 2 saturated heterocycles. The number of nitrogens with zero attached hydrogens (tertiary/aromatic N) is 2. The highest BCUT2D eigenvalue weighted by molar-refractivity contribution is 7.15. The summed E-state index contributed by atoms with van der Waals surface area (Å²) in [6.45, 7) is 4.75. The molecule has 1 atom stereocenters. The molecule has 0 spiro atoms. The van der Waals surface area contributed by atoms with Crippen LogP contribution in [0.25, 0.3) is 0 Å². The van der Waals surface area contributed by atoms with Crippen LogP contribution in [0, 0.1) is 11.8 Å². The number of rotatable bonds is 4. The Bertz CT molecular complexity index is 1010. The predicted molar refractivity (Wildman–Crippen MR) is 124 cm³/mol. The van der Waals surface area contributed by atoms with E-state index in [4.69, 9.17) is 10.5 Å². The van der Waals surface area contributed by atoms with E-state index in [1.54, 1.807) is 12.3 Å². The number of carbonyl (C=O) groups excluding carboxylic acids is 2. The molecule has 10 heteroatoms. The predicted octanol–water partition coefficient (Wildman–Crippen LogP) is 1.35. The average molecular weight is 455 g/mol. The molecule has 2 fully saturated rings. The van der Waals surface area contributed by atoms with Crippen LogP contribution in [0.3, 0.4) is 0 Å². The van der Waals surface area contributed by atoms with Crippen molar-refractivity contribution in [3.63, 3.8) is 0 Å². The summed E-state index contributed by atoms with van der Waals surface area (Å²) in [5.74, 6) is 6.80. The van der Waals surface area contributed by atoms with Gasteiger partial charge in [0.2, 0.25) is 0 Å². The van der Waals surface area contributed by atoms with E-state index in [9.17, 15) is 9.59 Å². The van der Waals surface area contributed by atoms with Gasteiger partial charge in [-0.05, 0) is 37.6 Å². The molecule has 1 unspecified atom stereocenters. The number of nitrogens with two attached hydrogens (primary N) is 1. The Morgan fingerprint density at radius 2 is 2.12 bits per heavy atom. The van der Waals surface area contributed by atoms with Gasteiger partial charge in [-0.25, -0.2) is 9.78 Å². The zero-order chi connectivity index (χ0) is 22.3. The van der Waals surface area contributed by atoms with Gasteiger partial charge in [0, 0.05) is 37.4 Å². The fourth-order valence-electron chi connectivity index (χ4n) is 3.65. The topological polar surface area (TPSA) is 122 Å². The fraction of sp³-hybridized carbons (Fsp3) is 0.409. The van der Waals surface area contributed by atoms with Crippen LogP contribution in [-0.2, 0) is 4.74 Å². The second kappa shape index (κ2) is 10.5. The zero-order valence-corrected chi connectivity index (χ0v) is 18.5. The average Bonchev–Trinajstić information content (AvgIpc) is 3.21. The number of anilines is 2. The van der Waals surface area contributed by atoms with Gasteiger partial charge in [0.15, 0.2) is 0 Å². The summed E-state index contributed by atoms with van der Waals surface area (Å²) in [7, 11) is 0. The van der Waals surface area contributed by atoms with Crippen LogP contribution in [-0.4, -0.2) is 62.4 Å². The van der Waals surface area contributed by atoms with Crippen molar-refractivity contribution in [2.45, 2.75) is 18.9 Å². The summed E-state index contributed by atoms with van der Waals surface area (Å²) in [6, 6.07) is 4.88. The lowest BCUT2D eigenvalue weighted by molar-refractivity contribution is 0.0935. The highest BCUT2D eigenvalue weighted by atomic mass is 32.1. The molecule has 5 N–H and O–H groups in total. The zero-order valence-electron chi connectivity index (χ0n) is 17.6. The first-order valence-electron chi connectivity index (χ1n) is 10.6. The van der Waals surface area contributed by atoms with E-state index in [2.05, 4.69) is 37.7 Å². The summed E-state index contributed by atoms with van der Waals surface area (Å²) in [6.07, 6.45) is 3.66. The number of ether oxygens (including phenoxy) is 1. The molecule has 0 saturated carbocycles. The minimum atomic E-state index is -0.724. The number of piperidine rings is 1. The summed E-state index contributed by atoms with van der Waals surface area (Å²) < 4.78 is 5.37. The number of aromatic nitrogens is 1. The molecule has 2 aromatic heterocycles. The van der Waals surface area contributed by atoms with E-state index < -0.39 is 6.03 Å². The third kappa shape index (κ3) is 5.76.